The minimum absolute atomic E-state index is 0.0313. The molecule has 104 valence electrons. The van der Waals surface area contributed by atoms with Crippen LogP contribution in [0.15, 0.2) is 21.5 Å². The Balaban J connectivity index is 2.77. The molecule has 0 aromatic heterocycles. The number of phenols is 2. The molecule has 0 aliphatic heterocycles. The number of carboxylic acid groups (broad SMARTS) is 1. The number of rotatable bonds is 5. The number of carboxylic acids is 1. The molecule has 0 bridgehead atoms. The molecular formula is C11H12BrNO5S. The van der Waals surface area contributed by atoms with Crippen molar-refractivity contribution in [3.8, 4) is 11.5 Å². The summed E-state index contributed by atoms with van der Waals surface area (Å²) < 4.78 is 0.339. The van der Waals surface area contributed by atoms with Gasteiger partial charge < -0.3 is 20.6 Å². The van der Waals surface area contributed by atoms with Crippen LogP contribution in [0.5, 0.6) is 11.5 Å². The van der Waals surface area contributed by atoms with E-state index in [0.29, 0.717) is 9.37 Å². The Kier molecular flexibility index (Phi) is 5.49. The van der Waals surface area contributed by atoms with Crippen molar-refractivity contribution in [2.45, 2.75) is 17.9 Å². The number of phenolic OH excluding ortho intramolecular Hbond substituents is 2. The molecule has 0 fully saturated rings. The van der Waals surface area contributed by atoms with Crippen molar-refractivity contribution in [2.75, 3.05) is 5.75 Å². The number of aliphatic carboxylic acids is 1. The first-order valence-corrected chi connectivity index (χ1v) is 6.93. The van der Waals surface area contributed by atoms with E-state index in [0.717, 1.165) is 11.8 Å². The molecule has 6 nitrogen and oxygen atoms in total. The summed E-state index contributed by atoms with van der Waals surface area (Å²) in [6, 6.07) is 1.57. The van der Waals surface area contributed by atoms with Crippen LogP contribution >= 0.6 is 27.7 Å². The highest BCUT2D eigenvalue weighted by molar-refractivity contribution is 9.10. The van der Waals surface area contributed by atoms with Gasteiger partial charge in [0.2, 0.25) is 5.91 Å². The topological polar surface area (TPSA) is 107 Å². The molecule has 1 rings (SSSR count). The maximum absolute atomic E-state index is 10.9. The fourth-order valence-corrected chi connectivity index (χ4v) is 2.55. The number of hydrogen-bond acceptors (Lipinski definition) is 5. The van der Waals surface area contributed by atoms with Crippen molar-refractivity contribution in [1.29, 1.82) is 0 Å². The highest BCUT2D eigenvalue weighted by Gasteiger charge is 2.19. The van der Waals surface area contributed by atoms with Crippen LogP contribution in [-0.4, -0.2) is 39.0 Å². The number of halogens is 1. The number of hydrogen-bond donors (Lipinski definition) is 4. The van der Waals surface area contributed by atoms with Crippen LogP contribution in [-0.2, 0) is 9.59 Å². The van der Waals surface area contributed by atoms with Crippen molar-refractivity contribution < 1.29 is 24.9 Å². The van der Waals surface area contributed by atoms with E-state index in [1.54, 1.807) is 0 Å². The predicted octanol–water partition coefficient (Wildman–Crippen LogP) is 1.54. The summed E-state index contributed by atoms with van der Waals surface area (Å²) in [5, 5.41) is 30.3. The van der Waals surface area contributed by atoms with Gasteiger partial charge in [-0.25, -0.2) is 4.79 Å². The van der Waals surface area contributed by atoms with E-state index in [9.17, 15) is 19.8 Å². The SMILES string of the molecule is CC(=O)NC(CSc1cc(O)c(Br)cc1O)C(=O)O. The van der Waals surface area contributed by atoms with E-state index in [1.807, 2.05) is 0 Å². The van der Waals surface area contributed by atoms with Gasteiger partial charge >= 0.3 is 5.97 Å². The van der Waals surface area contributed by atoms with Crippen LogP contribution in [0, 0.1) is 0 Å². The molecule has 0 saturated heterocycles. The average Bonchev–Trinajstić information content (AvgIpc) is 2.29. The van der Waals surface area contributed by atoms with Gasteiger partial charge in [0.15, 0.2) is 0 Å². The molecule has 0 radical (unpaired) electrons. The molecule has 1 amide bonds. The zero-order valence-electron chi connectivity index (χ0n) is 9.88. The lowest BCUT2D eigenvalue weighted by molar-refractivity contribution is -0.140. The summed E-state index contributed by atoms with van der Waals surface area (Å²) in [6.45, 7) is 1.23. The zero-order valence-corrected chi connectivity index (χ0v) is 12.3. The smallest absolute Gasteiger partial charge is 0.327 e. The summed E-state index contributed by atoms with van der Waals surface area (Å²) in [6.07, 6.45) is 0. The van der Waals surface area contributed by atoms with Crippen LogP contribution in [0.2, 0.25) is 0 Å². The van der Waals surface area contributed by atoms with E-state index in [1.165, 1.54) is 19.1 Å². The Morgan fingerprint density at radius 3 is 2.53 bits per heavy atom. The highest BCUT2D eigenvalue weighted by Crippen LogP contribution is 2.37. The lowest BCUT2D eigenvalue weighted by Gasteiger charge is -2.13. The molecule has 1 atom stereocenters. The largest absolute Gasteiger partial charge is 0.507 e. The molecule has 19 heavy (non-hydrogen) atoms. The number of carbonyl (C=O) groups excluding carboxylic acids is 1. The molecule has 0 aliphatic carbocycles. The Labute approximate surface area is 122 Å². The predicted molar refractivity (Wildman–Crippen MR) is 73.4 cm³/mol. The summed E-state index contributed by atoms with van der Waals surface area (Å²) in [7, 11) is 0. The number of amides is 1. The fourth-order valence-electron chi connectivity index (χ4n) is 1.24. The molecule has 8 heteroatoms. The minimum atomic E-state index is -1.16. The number of benzene rings is 1. The zero-order chi connectivity index (χ0) is 14.6. The number of nitrogens with one attached hydrogen (secondary N) is 1. The van der Waals surface area contributed by atoms with Crippen LogP contribution < -0.4 is 5.32 Å². The van der Waals surface area contributed by atoms with Crippen molar-refractivity contribution in [3.63, 3.8) is 0 Å². The maximum atomic E-state index is 10.9. The second kappa shape index (κ2) is 6.67. The molecule has 0 saturated carbocycles. The third-order valence-electron chi connectivity index (χ3n) is 2.11. The highest BCUT2D eigenvalue weighted by atomic mass is 79.9. The molecule has 1 aromatic carbocycles. The van der Waals surface area contributed by atoms with Crippen molar-refractivity contribution in [1.82, 2.24) is 5.32 Å². The first-order chi connectivity index (χ1) is 8.81. The Morgan fingerprint density at radius 2 is 2.00 bits per heavy atom. The Bertz CT molecular complexity index is 508. The third-order valence-corrected chi connectivity index (χ3v) is 3.88. The van der Waals surface area contributed by atoms with E-state index in [-0.39, 0.29) is 17.3 Å². The average molecular weight is 350 g/mol. The van der Waals surface area contributed by atoms with E-state index >= 15 is 0 Å². The second-order valence-corrected chi connectivity index (χ2v) is 5.59. The molecule has 1 unspecified atom stereocenters. The monoisotopic (exact) mass is 349 g/mol. The quantitative estimate of drug-likeness (QED) is 0.474. The lowest BCUT2D eigenvalue weighted by atomic mass is 10.3. The van der Waals surface area contributed by atoms with Crippen molar-refractivity contribution >= 4 is 39.6 Å². The summed E-state index contributed by atoms with van der Waals surface area (Å²) in [4.78, 5) is 22.1. The lowest BCUT2D eigenvalue weighted by Crippen LogP contribution is -2.41. The van der Waals surface area contributed by atoms with Gasteiger partial charge in [0.1, 0.15) is 17.5 Å². The summed E-state index contributed by atoms with van der Waals surface area (Å²) in [5.41, 5.74) is 0. The van der Waals surface area contributed by atoms with Gasteiger partial charge in [0, 0.05) is 12.7 Å². The maximum Gasteiger partial charge on any atom is 0.327 e. The first kappa shape index (κ1) is 15.6. The molecule has 0 spiro atoms. The molecule has 0 aliphatic rings. The van der Waals surface area contributed by atoms with Crippen LogP contribution in [0.25, 0.3) is 0 Å². The van der Waals surface area contributed by atoms with Gasteiger partial charge in [-0.2, -0.15) is 0 Å². The second-order valence-electron chi connectivity index (χ2n) is 3.67. The van der Waals surface area contributed by atoms with Crippen molar-refractivity contribution in [2.24, 2.45) is 0 Å². The van der Waals surface area contributed by atoms with Crippen molar-refractivity contribution in [3.05, 3.63) is 16.6 Å². The number of carbonyl (C=O) groups is 2. The minimum Gasteiger partial charge on any atom is -0.507 e. The molecule has 0 heterocycles. The Hall–Kier alpha value is -1.41. The number of aromatic hydroxyl groups is 2. The van der Waals surface area contributed by atoms with Crippen LogP contribution in [0.1, 0.15) is 6.92 Å². The van der Waals surface area contributed by atoms with E-state index in [2.05, 4.69) is 21.2 Å². The number of thioether (sulfide) groups is 1. The molecular weight excluding hydrogens is 338 g/mol. The van der Waals surface area contributed by atoms with E-state index < -0.39 is 17.9 Å². The van der Waals surface area contributed by atoms with Gasteiger partial charge in [-0.05, 0) is 28.1 Å². The van der Waals surface area contributed by atoms with E-state index in [4.69, 9.17) is 5.11 Å². The van der Waals surface area contributed by atoms with Crippen LogP contribution in [0.4, 0.5) is 0 Å². The van der Waals surface area contributed by atoms with Gasteiger partial charge in [0.05, 0.1) is 9.37 Å². The third kappa shape index (κ3) is 4.64. The van der Waals surface area contributed by atoms with Gasteiger partial charge in [-0.15, -0.1) is 11.8 Å². The van der Waals surface area contributed by atoms with Crippen LogP contribution in [0.3, 0.4) is 0 Å². The normalized spacial score (nSPS) is 11.9. The Morgan fingerprint density at radius 1 is 1.37 bits per heavy atom. The summed E-state index contributed by atoms with van der Waals surface area (Å²) >= 11 is 4.07. The molecule has 1 aromatic rings. The summed E-state index contributed by atoms with van der Waals surface area (Å²) in [5.74, 6) is -1.73. The van der Waals surface area contributed by atoms with Gasteiger partial charge in [0.25, 0.3) is 0 Å². The van der Waals surface area contributed by atoms with Gasteiger partial charge in [-0.3, -0.25) is 4.79 Å². The standard InChI is InChI=1S/C11H12BrNO5S/c1-5(14)13-7(11(17)18)4-19-10-3-8(15)6(12)2-9(10)16/h2-3,7,15-16H,4H2,1H3,(H,13,14)(H,17,18). The first-order valence-electron chi connectivity index (χ1n) is 5.15. The molecule has 4 N–H and O–H groups in total. The fraction of sp³-hybridized carbons (Fsp3) is 0.273. The van der Waals surface area contributed by atoms with Gasteiger partial charge in [-0.1, -0.05) is 0 Å².